The molecule has 0 aliphatic carbocycles. The number of hydrogen-bond acceptors (Lipinski definition) is 3. The normalized spacial score (nSPS) is 34.8. The highest BCUT2D eigenvalue weighted by atomic mass is 16.7. The van der Waals surface area contributed by atoms with Crippen LogP contribution in [0.5, 0.6) is 0 Å². The van der Waals surface area contributed by atoms with Crippen LogP contribution in [0.3, 0.4) is 0 Å². The predicted octanol–water partition coefficient (Wildman–Crippen LogP) is 2.50. The molecule has 17 heavy (non-hydrogen) atoms. The smallest absolute Gasteiger partial charge is 0.163 e. The van der Waals surface area contributed by atoms with E-state index in [-0.39, 0.29) is 18.0 Å². The number of rotatable bonds is 1. The Morgan fingerprint density at radius 3 is 3.12 bits per heavy atom. The topological polar surface area (TPSA) is 42.2 Å². The van der Waals surface area contributed by atoms with Gasteiger partial charge in [-0.05, 0) is 18.1 Å². The minimum Gasteiger partial charge on any atom is -0.348 e. The van der Waals surface area contributed by atoms with Gasteiger partial charge in [-0.3, -0.25) is 0 Å². The lowest BCUT2D eigenvalue weighted by atomic mass is 9.81. The maximum Gasteiger partial charge on any atom is 0.163 e. The summed E-state index contributed by atoms with van der Waals surface area (Å²) in [6.45, 7) is 2.10. The van der Waals surface area contributed by atoms with Crippen LogP contribution in [0.15, 0.2) is 24.3 Å². The molecular weight excluding hydrogens is 214 g/mol. The fraction of sp³-hybridized carbons (Fsp3) is 0.500. The summed E-state index contributed by atoms with van der Waals surface area (Å²) in [6.07, 6.45) is 1.79. The molecule has 0 amide bonds. The van der Waals surface area contributed by atoms with Gasteiger partial charge < -0.3 is 9.47 Å². The summed E-state index contributed by atoms with van der Waals surface area (Å²) < 4.78 is 11.8. The number of benzene rings is 1. The fourth-order valence-electron chi connectivity index (χ4n) is 2.94. The van der Waals surface area contributed by atoms with E-state index in [4.69, 9.17) is 14.7 Å². The molecule has 1 saturated heterocycles. The molecule has 0 N–H and O–H groups in total. The highest BCUT2D eigenvalue weighted by molar-refractivity contribution is 5.35. The van der Waals surface area contributed by atoms with E-state index >= 15 is 0 Å². The first-order valence-electron chi connectivity index (χ1n) is 6.00. The van der Waals surface area contributed by atoms with Crippen molar-refractivity contribution in [3.05, 3.63) is 35.4 Å². The fourth-order valence-corrected chi connectivity index (χ4v) is 2.94. The Labute approximate surface area is 101 Å². The Morgan fingerprint density at radius 2 is 2.29 bits per heavy atom. The molecule has 1 fully saturated rings. The number of nitriles is 1. The maximum absolute atomic E-state index is 8.79. The van der Waals surface area contributed by atoms with Crippen molar-refractivity contribution in [1.82, 2.24) is 0 Å². The molecule has 0 unspecified atom stereocenters. The number of hydrogen-bond donors (Lipinski definition) is 0. The molecule has 0 saturated carbocycles. The first kappa shape index (κ1) is 10.8. The van der Waals surface area contributed by atoms with Gasteiger partial charge in [0.1, 0.15) is 0 Å². The van der Waals surface area contributed by atoms with Gasteiger partial charge in [-0.2, -0.15) is 5.26 Å². The highest BCUT2D eigenvalue weighted by Gasteiger charge is 2.44. The van der Waals surface area contributed by atoms with Gasteiger partial charge in [0.15, 0.2) is 6.29 Å². The molecule has 3 rings (SSSR count). The minimum absolute atomic E-state index is 0.00268. The molecule has 3 heteroatoms. The second-order valence-corrected chi connectivity index (χ2v) is 4.96. The number of ether oxygens (including phenoxy) is 2. The molecule has 1 aromatic rings. The lowest BCUT2D eigenvalue weighted by Gasteiger charge is -2.47. The molecule has 88 valence electrons. The van der Waals surface area contributed by atoms with Crippen LogP contribution in [0.25, 0.3) is 0 Å². The van der Waals surface area contributed by atoms with Crippen LogP contribution < -0.4 is 0 Å². The lowest BCUT2D eigenvalue weighted by Crippen LogP contribution is -2.48. The van der Waals surface area contributed by atoms with Crippen molar-refractivity contribution in [2.45, 2.75) is 44.2 Å². The van der Waals surface area contributed by atoms with Gasteiger partial charge in [-0.25, -0.2) is 0 Å². The van der Waals surface area contributed by atoms with Gasteiger partial charge in [-0.1, -0.05) is 24.3 Å². The highest BCUT2D eigenvalue weighted by Crippen LogP contribution is 2.43. The Morgan fingerprint density at radius 1 is 1.47 bits per heavy atom. The van der Waals surface area contributed by atoms with Gasteiger partial charge in [0.05, 0.1) is 24.2 Å². The third-order valence-corrected chi connectivity index (χ3v) is 3.65. The van der Waals surface area contributed by atoms with E-state index in [1.54, 1.807) is 0 Å². The zero-order valence-electron chi connectivity index (χ0n) is 9.85. The Balaban J connectivity index is 1.98. The molecule has 1 aromatic carbocycles. The Hall–Kier alpha value is -1.37. The van der Waals surface area contributed by atoms with E-state index in [0.717, 1.165) is 12.8 Å². The van der Waals surface area contributed by atoms with Crippen molar-refractivity contribution in [2.24, 2.45) is 0 Å². The largest absolute Gasteiger partial charge is 0.348 e. The van der Waals surface area contributed by atoms with Crippen LogP contribution in [0, 0.1) is 11.3 Å². The predicted molar refractivity (Wildman–Crippen MR) is 62.1 cm³/mol. The van der Waals surface area contributed by atoms with Gasteiger partial charge in [0.2, 0.25) is 0 Å². The monoisotopic (exact) mass is 229 g/mol. The summed E-state index contributed by atoms with van der Waals surface area (Å²) >= 11 is 0. The zero-order valence-corrected chi connectivity index (χ0v) is 9.85. The lowest BCUT2D eigenvalue weighted by molar-refractivity contribution is -0.287. The summed E-state index contributed by atoms with van der Waals surface area (Å²) in [7, 11) is 0. The van der Waals surface area contributed by atoms with Crippen LogP contribution in [-0.2, 0) is 21.5 Å². The number of fused-ring (bicyclic) bond motifs is 4. The van der Waals surface area contributed by atoms with Gasteiger partial charge in [0.25, 0.3) is 0 Å². The van der Waals surface area contributed by atoms with Crippen molar-refractivity contribution < 1.29 is 9.47 Å². The molecule has 2 aliphatic rings. The van der Waals surface area contributed by atoms with Crippen molar-refractivity contribution in [1.29, 1.82) is 5.26 Å². The van der Waals surface area contributed by atoms with Gasteiger partial charge in [0, 0.05) is 12.8 Å². The summed E-state index contributed by atoms with van der Waals surface area (Å²) in [5.74, 6) is 0. The van der Waals surface area contributed by atoms with Crippen LogP contribution in [0.1, 0.15) is 30.9 Å². The van der Waals surface area contributed by atoms with Crippen molar-refractivity contribution in [3.8, 4) is 6.07 Å². The molecule has 0 spiro atoms. The van der Waals surface area contributed by atoms with E-state index in [0.29, 0.717) is 6.42 Å². The second-order valence-electron chi connectivity index (χ2n) is 4.96. The summed E-state index contributed by atoms with van der Waals surface area (Å²) in [5, 5.41) is 8.79. The average Bonchev–Trinajstić information content (AvgIpc) is 2.28. The van der Waals surface area contributed by atoms with E-state index in [2.05, 4.69) is 31.2 Å². The summed E-state index contributed by atoms with van der Waals surface area (Å²) in [5.41, 5.74) is 2.27. The van der Waals surface area contributed by atoms with E-state index < -0.39 is 0 Å². The van der Waals surface area contributed by atoms with Crippen molar-refractivity contribution in [3.63, 3.8) is 0 Å². The van der Waals surface area contributed by atoms with Crippen LogP contribution in [0.2, 0.25) is 0 Å². The summed E-state index contributed by atoms with van der Waals surface area (Å²) in [6, 6.07) is 10.5. The number of nitrogens with zero attached hydrogens (tertiary/aromatic N) is 1. The van der Waals surface area contributed by atoms with Crippen LogP contribution >= 0.6 is 0 Å². The quantitative estimate of drug-likeness (QED) is 0.743. The SMILES string of the molecule is C[C@]12C[C@H](CC#N)O[C@H](Cc3ccccc31)O2. The minimum atomic E-state index is -0.292. The second kappa shape index (κ2) is 3.83. The van der Waals surface area contributed by atoms with Crippen LogP contribution in [-0.4, -0.2) is 12.4 Å². The van der Waals surface area contributed by atoms with E-state index in [1.807, 2.05) is 6.07 Å². The standard InChI is InChI=1S/C14H15NO2/c1-14-9-11(6-7-15)16-13(17-14)8-10-4-2-3-5-12(10)14/h2-5,11,13H,6,8-9H2,1H3/t11-,13-,14-/m0/s1. The molecule has 2 bridgehead atoms. The van der Waals surface area contributed by atoms with Crippen molar-refractivity contribution in [2.75, 3.05) is 0 Å². The Bertz CT molecular complexity index is 479. The van der Waals surface area contributed by atoms with Gasteiger partial charge >= 0.3 is 0 Å². The Kier molecular flexibility index (Phi) is 2.43. The van der Waals surface area contributed by atoms with Crippen molar-refractivity contribution >= 4 is 0 Å². The van der Waals surface area contributed by atoms with E-state index in [9.17, 15) is 0 Å². The molecule has 2 heterocycles. The third-order valence-electron chi connectivity index (χ3n) is 3.65. The van der Waals surface area contributed by atoms with Gasteiger partial charge in [-0.15, -0.1) is 0 Å². The summed E-state index contributed by atoms with van der Waals surface area (Å²) in [4.78, 5) is 0. The maximum atomic E-state index is 8.79. The van der Waals surface area contributed by atoms with E-state index in [1.165, 1.54) is 11.1 Å². The third kappa shape index (κ3) is 1.74. The molecule has 0 aromatic heterocycles. The molecular formula is C14H15NO2. The molecule has 3 nitrogen and oxygen atoms in total. The molecule has 3 atom stereocenters. The first-order valence-corrected chi connectivity index (χ1v) is 6.00. The molecule has 0 radical (unpaired) electrons. The molecule has 2 aliphatic heterocycles. The first-order chi connectivity index (χ1) is 8.21. The van der Waals surface area contributed by atoms with Crippen LogP contribution in [0.4, 0.5) is 0 Å². The zero-order chi connectivity index (χ0) is 11.9. The average molecular weight is 229 g/mol.